The molecule has 0 aliphatic rings. The molecule has 4 N–H and O–H groups in total. The Bertz CT molecular complexity index is 648. The van der Waals surface area contributed by atoms with Crippen LogP contribution in [0.5, 0.6) is 0 Å². The van der Waals surface area contributed by atoms with Gasteiger partial charge in [0.1, 0.15) is 6.04 Å². The molecule has 1 aromatic heterocycles. The van der Waals surface area contributed by atoms with Crippen LogP contribution in [-0.2, 0) is 11.2 Å². The van der Waals surface area contributed by atoms with Crippen LogP contribution in [0.15, 0.2) is 47.8 Å². The average molecular weight is 382 g/mol. The minimum Gasteiger partial charge on any atom is -0.354 e. The summed E-state index contributed by atoms with van der Waals surface area (Å²) in [6, 6.07) is 12.6. The lowest BCUT2D eigenvalue weighted by Crippen LogP contribution is -2.48. The van der Waals surface area contributed by atoms with E-state index in [1.54, 1.807) is 6.07 Å². The van der Waals surface area contributed by atoms with Crippen LogP contribution in [0.25, 0.3) is 0 Å². The number of hydrogen-bond donors (Lipinski definition) is 3. The first-order chi connectivity index (χ1) is 11.6. The molecule has 0 aliphatic heterocycles. The number of amides is 2. The summed E-state index contributed by atoms with van der Waals surface area (Å²) in [5, 5.41) is 7.53. The number of nitrogens with one attached hydrogen (secondary N) is 2. The molecule has 0 aliphatic carbocycles. The second kappa shape index (κ2) is 10.9. The van der Waals surface area contributed by atoms with Gasteiger partial charge in [-0.3, -0.25) is 9.59 Å². The molecule has 2 rings (SSSR count). The molecule has 1 aromatic carbocycles. The third-order valence-corrected chi connectivity index (χ3v) is 4.42. The summed E-state index contributed by atoms with van der Waals surface area (Å²) in [6.45, 7) is 2.39. The zero-order chi connectivity index (χ0) is 17.4. The zero-order valence-corrected chi connectivity index (χ0v) is 15.7. The molecule has 136 valence electrons. The van der Waals surface area contributed by atoms with Crippen molar-refractivity contribution in [3.05, 3.63) is 58.3 Å². The Labute approximate surface area is 158 Å². The van der Waals surface area contributed by atoms with Gasteiger partial charge in [0.25, 0.3) is 5.91 Å². The monoisotopic (exact) mass is 381 g/mol. The Balaban J connectivity index is 0.00000312. The minimum absolute atomic E-state index is 0. The van der Waals surface area contributed by atoms with Crippen molar-refractivity contribution in [1.29, 1.82) is 0 Å². The van der Waals surface area contributed by atoms with Crippen LogP contribution in [0.4, 0.5) is 0 Å². The highest BCUT2D eigenvalue weighted by atomic mass is 35.5. The molecule has 0 fully saturated rings. The van der Waals surface area contributed by atoms with E-state index in [0.29, 0.717) is 24.3 Å². The van der Waals surface area contributed by atoms with Gasteiger partial charge in [0.05, 0.1) is 4.88 Å². The second-order valence-electron chi connectivity index (χ2n) is 5.75. The predicted octanol–water partition coefficient (Wildman–Crippen LogP) is 2.36. The van der Waals surface area contributed by atoms with Gasteiger partial charge in [-0.15, -0.1) is 23.7 Å². The van der Waals surface area contributed by atoms with E-state index in [1.807, 2.05) is 48.7 Å². The Kier molecular flexibility index (Phi) is 9.20. The Hall–Kier alpha value is -1.89. The summed E-state index contributed by atoms with van der Waals surface area (Å²) < 4.78 is 0. The van der Waals surface area contributed by atoms with E-state index in [0.717, 1.165) is 5.56 Å². The highest BCUT2D eigenvalue weighted by Crippen LogP contribution is 2.10. The lowest BCUT2D eigenvalue weighted by atomic mass is 10.0. The lowest BCUT2D eigenvalue weighted by molar-refractivity contribution is -0.122. The van der Waals surface area contributed by atoms with Crippen LogP contribution in [-0.4, -0.2) is 30.4 Å². The molecule has 0 spiro atoms. The number of thiophene rings is 1. The van der Waals surface area contributed by atoms with E-state index in [4.69, 9.17) is 5.73 Å². The van der Waals surface area contributed by atoms with E-state index < -0.39 is 6.04 Å². The van der Waals surface area contributed by atoms with E-state index >= 15 is 0 Å². The summed E-state index contributed by atoms with van der Waals surface area (Å²) >= 11 is 1.35. The van der Waals surface area contributed by atoms with Crippen molar-refractivity contribution in [2.45, 2.75) is 31.8 Å². The normalized spacial score (nSPS) is 12.6. The van der Waals surface area contributed by atoms with E-state index in [2.05, 4.69) is 10.6 Å². The van der Waals surface area contributed by atoms with Gasteiger partial charge >= 0.3 is 0 Å². The summed E-state index contributed by atoms with van der Waals surface area (Å²) in [7, 11) is 0. The second-order valence-corrected chi connectivity index (χ2v) is 6.70. The van der Waals surface area contributed by atoms with E-state index in [-0.39, 0.29) is 30.3 Å². The molecule has 0 radical (unpaired) electrons. The van der Waals surface area contributed by atoms with Crippen LogP contribution in [0.3, 0.4) is 0 Å². The number of carbonyl (C=O) groups excluding carboxylic acids is 2. The maximum Gasteiger partial charge on any atom is 0.262 e. The van der Waals surface area contributed by atoms with Crippen molar-refractivity contribution < 1.29 is 9.59 Å². The molecule has 0 bridgehead atoms. The number of halogens is 1. The van der Waals surface area contributed by atoms with Crippen LogP contribution in [0.2, 0.25) is 0 Å². The van der Waals surface area contributed by atoms with Gasteiger partial charge in [0.2, 0.25) is 5.91 Å². The first-order valence-corrected chi connectivity index (χ1v) is 8.86. The largest absolute Gasteiger partial charge is 0.354 e. The molecule has 25 heavy (non-hydrogen) atoms. The molecule has 7 heteroatoms. The van der Waals surface area contributed by atoms with Crippen molar-refractivity contribution in [3.63, 3.8) is 0 Å². The van der Waals surface area contributed by atoms with Crippen molar-refractivity contribution in [2.75, 3.05) is 6.54 Å². The molecule has 0 saturated carbocycles. The summed E-state index contributed by atoms with van der Waals surface area (Å²) in [5.41, 5.74) is 6.70. The van der Waals surface area contributed by atoms with Gasteiger partial charge in [-0.2, -0.15) is 0 Å². The third kappa shape index (κ3) is 7.25. The maximum atomic E-state index is 12.5. The van der Waals surface area contributed by atoms with Crippen molar-refractivity contribution in [2.24, 2.45) is 5.73 Å². The SMILES string of the molecule is CC(N)CCNC(=O)C(Cc1ccccc1)NC(=O)c1cccs1.Cl. The fraction of sp³-hybridized carbons (Fsp3) is 0.333. The van der Waals surface area contributed by atoms with Gasteiger partial charge in [-0.1, -0.05) is 36.4 Å². The van der Waals surface area contributed by atoms with Crippen LogP contribution in [0, 0.1) is 0 Å². The lowest BCUT2D eigenvalue weighted by Gasteiger charge is -2.19. The van der Waals surface area contributed by atoms with Gasteiger partial charge in [-0.25, -0.2) is 0 Å². The van der Waals surface area contributed by atoms with Gasteiger partial charge < -0.3 is 16.4 Å². The maximum absolute atomic E-state index is 12.5. The van der Waals surface area contributed by atoms with Gasteiger partial charge in [0.15, 0.2) is 0 Å². The highest BCUT2D eigenvalue weighted by Gasteiger charge is 2.22. The summed E-state index contributed by atoms with van der Waals surface area (Å²) in [5.74, 6) is -0.419. The highest BCUT2D eigenvalue weighted by molar-refractivity contribution is 7.12. The number of benzene rings is 1. The molecular weight excluding hydrogens is 358 g/mol. The van der Waals surface area contributed by atoms with Gasteiger partial charge in [-0.05, 0) is 30.4 Å². The van der Waals surface area contributed by atoms with E-state index in [9.17, 15) is 9.59 Å². The number of carbonyl (C=O) groups is 2. The Morgan fingerprint density at radius 1 is 1.16 bits per heavy atom. The minimum atomic E-state index is -0.616. The van der Waals surface area contributed by atoms with Gasteiger partial charge in [0, 0.05) is 19.0 Å². The Morgan fingerprint density at radius 3 is 2.48 bits per heavy atom. The predicted molar refractivity (Wildman–Crippen MR) is 104 cm³/mol. The standard InChI is InChI=1S/C18H23N3O2S.ClH/c1-13(19)9-10-20-17(22)15(12-14-6-3-2-4-7-14)21-18(23)16-8-5-11-24-16;/h2-8,11,13,15H,9-10,12,19H2,1H3,(H,20,22)(H,21,23);1H. The third-order valence-electron chi connectivity index (χ3n) is 3.55. The average Bonchev–Trinajstić information content (AvgIpc) is 3.09. The van der Waals surface area contributed by atoms with Crippen molar-refractivity contribution in [3.8, 4) is 0 Å². The molecule has 1 heterocycles. The van der Waals surface area contributed by atoms with E-state index in [1.165, 1.54) is 11.3 Å². The Morgan fingerprint density at radius 2 is 1.88 bits per heavy atom. The van der Waals surface area contributed by atoms with Crippen LogP contribution < -0.4 is 16.4 Å². The molecule has 2 atom stereocenters. The number of hydrogen-bond acceptors (Lipinski definition) is 4. The molecule has 2 amide bonds. The molecule has 0 saturated heterocycles. The first kappa shape index (κ1) is 21.2. The number of rotatable bonds is 8. The smallest absolute Gasteiger partial charge is 0.262 e. The molecule has 2 aromatic rings. The van der Waals surface area contributed by atoms with Crippen molar-refractivity contribution >= 4 is 35.6 Å². The van der Waals surface area contributed by atoms with Crippen LogP contribution in [0.1, 0.15) is 28.6 Å². The topological polar surface area (TPSA) is 84.2 Å². The molecular formula is C18H24ClN3O2S. The zero-order valence-electron chi connectivity index (χ0n) is 14.1. The quantitative estimate of drug-likeness (QED) is 0.656. The molecule has 5 nitrogen and oxygen atoms in total. The number of nitrogens with two attached hydrogens (primary N) is 1. The fourth-order valence-electron chi connectivity index (χ4n) is 2.24. The fourth-order valence-corrected chi connectivity index (χ4v) is 2.87. The summed E-state index contributed by atoms with van der Waals surface area (Å²) in [6.07, 6.45) is 1.14. The van der Waals surface area contributed by atoms with Crippen LogP contribution >= 0.6 is 23.7 Å². The molecule has 2 unspecified atom stereocenters. The van der Waals surface area contributed by atoms with Crippen molar-refractivity contribution in [1.82, 2.24) is 10.6 Å². The summed E-state index contributed by atoms with van der Waals surface area (Å²) in [4.78, 5) is 25.4. The first-order valence-electron chi connectivity index (χ1n) is 7.98.